The maximum atomic E-state index is 14.4. The Kier molecular flexibility index (Phi) is 3.50. The van der Waals surface area contributed by atoms with Crippen LogP contribution in [0, 0.1) is 12.7 Å². The highest BCUT2D eigenvalue weighted by atomic mass is 19.1. The second kappa shape index (κ2) is 5.82. The van der Waals surface area contributed by atoms with Gasteiger partial charge in [0, 0.05) is 30.3 Å². The van der Waals surface area contributed by atoms with E-state index in [1.165, 1.54) is 16.8 Å². The van der Waals surface area contributed by atoms with Gasteiger partial charge in [-0.15, -0.1) is 0 Å². The summed E-state index contributed by atoms with van der Waals surface area (Å²) in [5.41, 5.74) is 1.59. The maximum Gasteiger partial charge on any atom is 0.274 e. The molecule has 0 unspecified atom stereocenters. The molecule has 4 rings (SSSR count). The zero-order valence-corrected chi connectivity index (χ0v) is 13.2. The van der Waals surface area contributed by atoms with Crippen molar-refractivity contribution in [1.29, 1.82) is 0 Å². The fourth-order valence-electron chi connectivity index (χ4n) is 2.61. The van der Waals surface area contributed by atoms with Gasteiger partial charge in [0.1, 0.15) is 17.3 Å². The van der Waals surface area contributed by atoms with Crippen LogP contribution in [0.25, 0.3) is 11.3 Å². The summed E-state index contributed by atoms with van der Waals surface area (Å²) in [6, 6.07) is 7.74. The van der Waals surface area contributed by atoms with Gasteiger partial charge in [0.05, 0.1) is 11.9 Å². The Hall–Kier alpha value is -3.55. The lowest BCUT2D eigenvalue weighted by molar-refractivity contribution is 0.102. The van der Waals surface area contributed by atoms with Gasteiger partial charge in [-0.2, -0.15) is 5.10 Å². The molecule has 1 aromatic carbocycles. The van der Waals surface area contributed by atoms with E-state index in [1.807, 2.05) is 0 Å². The smallest absolute Gasteiger partial charge is 0.274 e. The second-order valence-electron chi connectivity index (χ2n) is 5.40. The highest BCUT2D eigenvalue weighted by Gasteiger charge is 2.13. The molecule has 0 saturated heterocycles. The minimum absolute atomic E-state index is 0.310. The number of hydrogen-bond acceptors (Lipinski definition) is 4. The van der Waals surface area contributed by atoms with Crippen LogP contribution in [0.15, 0.2) is 55.1 Å². The van der Waals surface area contributed by atoms with Gasteiger partial charge in [-0.1, -0.05) is 0 Å². The molecular formula is C17H13FN6O. The van der Waals surface area contributed by atoms with Gasteiger partial charge in [-0.3, -0.25) is 4.79 Å². The lowest BCUT2D eigenvalue weighted by Crippen LogP contribution is -2.17. The van der Waals surface area contributed by atoms with Gasteiger partial charge in [-0.25, -0.2) is 18.9 Å². The van der Waals surface area contributed by atoms with E-state index in [-0.39, 0.29) is 0 Å². The summed E-state index contributed by atoms with van der Waals surface area (Å²) in [5, 5.41) is 6.74. The van der Waals surface area contributed by atoms with E-state index in [2.05, 4.69) is 20.4 Å². The minimum Gasteiger partial charge on any atom is -0.321 e. The number of nitrogens with one attached hydrogen (secondary N) is 1. The molecule has 3 heterocycles. The average molecular weight is 336 g/mol. The summed E-state index contributed by atoms with van der Waals surface area (Å²) in [6.07, 6.45) is 6.36. The lowest BCUT2D eigenvalue weighted by Gasteiger charge is -2.10. The van der Waals surface area contributed by atoms with Gasteiger partial charge >= 0.3 is 0 Å². The zero-order valence-electron chi connectivity index (χ0n) is 13.2. The van der Waals surface area contributed by atoms with Crippen LogP contribution in [0.3, 0.4) is 0 Å². The molecule has 0 aliphatic carbocycles. The van der Waals surface area contributed by atoms with E-state index in [9.17, 15) is 9.18 Å². The minimum atomic E-state index is -0.460. The Morgan fingerprint density at radius 3 is 2.76 bits per heavy atom. The van der Waals surface area contributed by atoms with Crippen molar-refractivity contribution in [3.05, 3.63) is 72.5 Å². The average Bonchev–Trinajstić information content (AvgIpc) is 3.23. The third-order valence-electron chi connectivity index (χ3n) is 3.81. The molecule has 1 N–H and O–H groups in total. The van der Waals surface area contributed by atoms with Gasteiger partial charge in [-0.05, 0) is 31.2 Å². The number of halogens is 1. The topological polar surface area (TPSA) is 77.1 Å². The van der Waals surface area contributed by atoms with Crippen LogP contribution in [-0.4, -0.2) is 30.1 Å². The van der Waals surface area contributed by atoms with Gasteiger partial charge < -0.3 is 9.88 Å². The molecule has 8 heteroatoms. The van der Waals surface area contributed by atoms with Crippen molar-refractivity contribution in [3.63, 3.8) is 0 Å². The van der Waals surface area contributed by atoms with Crippen molar-refractivity contribution in [2.75, 3.05) is 5.32 Å². The number of carbonyl (C=O) groups excluding carboxylic acids is 1. The summed E-state index contributed by atoms with van der Waals surface area (Å²) in [5.74, 6) is -0.187. The fraction of sp³-hybridized carbons (Fsp3) is 0.0588. The van der Waals surface area contributed by atoms with E-state index in [1.54, 1.807) is 54.3 Å². The first kappa shape index (κ1) is 15.0. The summed E-state index contributed by atoms with van der Waals surface area (Å²) in [4.78, 5) is 20.7. The van der Waals surface area contributed by atoms with Crippen LogP contribution in [0.5, 0.6) is 0 Å². The van der Waals surface area contributed by atoms with Crippen molar-refractivity contribution in [3.8, 4) is 5.69 Å². The monoisotopic (exact) mass is 336 g/mol. The number of fused-ring (bicyclic) bond motifs is 1. The van der Waals surface area contributed by atoms with Crippen LogP contribution in [0.1, 0.15) is 16.3 Å². The first-order chi connectivity index (χ1) is 12.1. The third-order valence-corrected chi connectivity index (χ3v) is 3.81. The van der Waals surface area contributed by atoms with E-state index < -0.39 is 11.7 Å². The van der Waals surface area contributed by atoms with Crippen molar-refractivity contribution in [2.24, 2.45) is 0 Å². The Morgan fingerprint density at radius 2 is 2.00 bits per heavy atom. The SMILES string of the molecule is Cc1nccn1-c1ccc(NC(=O)c2ccnc3ccnn23)cc1F. The molecule has 0 aliphatic rings. The van der Waals surface area contributed by atoms with Crippen molar-refractivity contribution >= 4 is 17.2 Å². The maximum absolute atomic E-state index is 14.4. The number of carbonyl (C=O) groups is 1. The zero-order chi connectivity index (χ0) is 17.4. The summed E-state index contributed by atoms with van der Waals surface area (Å²) in [6.45, 7) is 1.79. The molecule has 0 bridgehead atoms. The Morgan fingerprint density at radius 1 is 1.12 bits per heavy atom. The predicted octanol–water partition coefficient (Wildman–Crippen LogP) is 2.61. The predicted molar refractivity (Wildman–Crippen MR) is 89.2 cm³/mol. The van der Waals surface area contributed by atoms with Crippen molar-refractivity contribution in [2.45, 2.75) is 6.92 Å². The molecule has 0 fully saturated rings. The number of rotatable bonds is 3. The van der Waals surface area contributed by atoms with Crippen LogP contribution < -0.4 is 5.32 Å². The molecule has 7 nitrogen and oxygen atoms in total. The Balaban J connectivity index is 1.63. The lowest BCUT2D eigenvalue weighted by atomic mass is 10.2. The summed E-state index contributed by atoms with van der Waals surface area (Å²) < 4.78 is 17.5. The van der Waals surface area contributed by atoms with E-state index in [0.717, 1.165) is 0 Å². The Labute approximate surface area is 141 Å². The van der Waals surface area contributed by atoms with E-state index in [0.29, 0.717) is 28.5 Å². The molecule has 25 heavy (non-hydrogen) atoms. The molecule has 4 aromatic rings. The molecule has 0 radical (unpaired) electrons. The van der Waals surface area contributed by atoms with E-state index in [4.69, 9.17) is 0 Å². The number of aromatic nitrogens is 5. The van der Waals surface area contributed by atoms with Gasteiger partial charge in [0.15, 0.2) is 5.65 Å². The van der Waals surface area contributed by atoms with E-state index >= 15 is 0 Å². The first-order valence-corrected chi connectivity index (χ1v) is 7.53. The standard InChI is InChI=1S/C17H13FN6O/c1-11-19-8-9-23(11)14-3-2-12(10-13(14)18)22-17(25)15-4-6-20-16-5-7-21-24(15)16/h2-10H,1H3,(H,22,25). The quantitative estimate of drug-likeness (QED) is 0.624. The molecule has 124 valence electrons. The number of hydrogen-bond donors (Lipinski definition) is 1. The normalized spacial score (nSPS) is 11.0. The summed E-state index contributed by atoms with van der Waals surface area (Å²) in [7, 11) is 0. The van der Waals surface area contributed by atoms with Crippen LogP contribution >= 0.6 is 0 Å². The number of amides is 1. The van der Waals surface area contributed by atoms with Gasteiger partial charge in [0.25, 0.3) is 5.91 Å². The highest BCUT2D eigenvalue weighted by Crippen LogP contribution is 2.20. The second-order valence-corrected chi connectivity index (χ2v) is 5.40. The van der Waals surface area contributed by atoms with Crippen LogP contribution in [0.2, 0.25) is 0 Å². The molecular weight excluding hydrogens is 323 g/mol. The molecule has 0 aliphatic heterocycles. The van der Waals surface area contributed by atoms with Crippen molar-refractivity contribution in [1.82, 2.24) is 24.1 Å². The number of benzene rings is 1. The van der Waals surface area contributed by atoms with Crippen LogP contribution in [0.4, 0.5) is 10.1 Å². The fourth-order valence-corrected chi connectivity index (χ4v) is 2.61. The molecule has 0 atom stereocenters. The van der Waals surface area contributed by atoms with Crippen LogP contribution in [-0.2, 0) is 0 Å². The molecule has 0 spiro atoms. The largest absolute Gasteiger partial charge is 0.321 e. The van der Waals surface area contributed by atoms with Gasteiger partial charge in [0.2, 0.25) is 0 Å². The molecule has 1 amide bonds. The summed E-state index contributed by atoms with van der Waals surface area (Å²) >= 11 is 0. The number of anilines is 1. The number of imidazole rings is 1. The number of nitrogens with zero attached hydrogens (tertiary/aromatic N) is 5. The number of aryl methyl sites for hydroxylation is 1. The first-order valence-electron chi connectivity index (χ1n) is 7.53. The molecule has 0 saturated carbocycles. The molecule has 3 aromatic heterocycles. The highest BCUT2D eigenvalue weighted by molar-refractivity contribution is 6.03. The Bertz CT molecular complexity index is 1080. The third kappa shape index (κ3) is 2.63. The van der Waals surface area contributed by atoms with Crippen molar-refractivity contribution < 1.29 is 9.18 Å².